The van der Waals surface area contributed by atoms with Crippen molar-refractivity contribution in [3.8, 4) is 0 Å². The number of hydrogen-bond acceptors (Lipinski definition) is 6. The molecule has 4 aliphatic rings. The quantitative estimate of drug-likeness (QED) is 0.104. The van der Waals surface area contributed by atoms with E-state index in [1.54, 1.807) is 0 Å². The Bertz CT molecular complexity index is 857. The second-order valence-electron chi connectivity index (χ2n) is 17.1. The molecular formula is C38H74N4O2. The molecule has 4 rings (SSSR count). The first-order valence-electron chi connectivity index (χ1n) is 19.2. The minimum atomic E-state index is -0.817. The molecule has 6 nitrogen and oxygen atoms in total. The van der Waals surface area contributed by atoms with Crippen LogP contribution in [0, 0.1) is 52.3 Å². The summed E-state index contributed by atoms with van der Waals surface area (Å²) < 4.78 is 0. The van der Waals surface area contributed by atoms with Gasteiger partial charge in [0.25, 0.3) is 0 Å². The predicted octanol–water partition coefficient (Wildman–Crippen LogP) is 6.10. The van der Waals surface area contributed by atoms with Crippen molar-refractivity contribution in [2.45, 2.75) is 149 Å². The maximum Gasteiger partial charge on any atom is 0.0880 e. The van der Waals surface area contributed by atoms with Crippen LogP contribution in [0.1, 0.15) is 131 Å². The van der Waals surface area contributed by atoms with E-state index in [1.807, 2.05) is 0 Å². The highest BCUT2D eigenvalue weighted by atomic mass is 16.3. The molecule has 4 fully saturated rings. The lowest BCUT2D eigenvalue weighted by Crippen LogP contribution is -2.71. The van der Waals surface area contributed by atoms with Crippen molar-refractivity contribution >= 4 is 0 Å². The monoisotopic (exact) mass is 619 g/mol. The van der Waals surface area contributed by atoms with E-state index in [-0.39, 0.29) is 17.6 Å². The van der Waals surface area contributed by atoms with E-state index in [2.05, 4.69) is 57.5 Å². The number of fused-ring (bicyclic) bond motifs is 5. The Morgan fingerprint density at radius 3 is 2.16 bits per heavy atom. The van der Waals surface area contributed by atoms with Gasteiger partial charge < -0.3 is 31.9 Å². The van der Waals surface area contributed by atoms with Crippen LogP contribution in [0.5, 0.6) is 0 Å². The Morgan fingerprint density at radius 1 is 0.795 bits per heavy atom. The summed E-state index contributed by atoms with van der Waals surface area (Å²) in [6.07, 6.45) is 15.7. The fourth-order valence-corrected chi connectivity index (χ4v) is 11.1. The van der Waals surface area contributed by atoms with Crippen LogP contribution in [-0.4, -0.2) is 67.2 Å². The minimum absolute atomic E-state index is 0.0778. The number of aliphatic hydroxyl groups is 2. The normalized spacial score (nSPS) is 40.0. The van der Waals surface area contributed by atoms with Gasteiger partial charge in [0, 0.05) is 17.9 Å². The summed E-state index contributed by atoms with van der Waals surface area (Å²) in [5.74, 6) is 5.28. The van der Waals surface area contributed by atoms with Gasteiger partial charge in [-0.1, -0.05) is 54.4 Å². The molecule has 4 aliphatic carbocycles. The molecule has 0 amide bonds. The molecule has 0 aromatic rings. The van der Waals surface area contributed by atoms with E-state index in [1.165, 1.54) is 51.4 Å². The van der Waals surface area contributed by atoms with Gasteiger partial charge >= 0.3 is 0 Å². The van der Waals surface area contributed by atoms with Crippen LogP contribution in [0.15, 0.2) is 0 Å². The van der Waals surface area contributed by atoms with Gasteiger partial charge in [-0.15, -0.1) is 0 Å². The zero-order valence-corrected chi connectivity index (χ0v) is 29.8. The van der Waals surface area contributed by atoms with Crippen LogP contribution in [0.2, 0.25) is 0 Å². The van der Waals surface area contributed by atoms with Gasteiger partial charge in [-0.3, -0.25) is 0 Å². The number of hydrogen-bond donors (Lipinski definition) is 6. The van der Waals surface area contributed by atoms with E-state index in [0.717, 1.165) is 101 Å². The third-order valence-electron chi connectivity index (χ3n) is 14.3. The standard InChI is InChI=1S/C38H74N4O2/c1-27(2)28(3)11-12-29(4)32-13-14-33-31-25-35(42-24-10-23-41-21-8-7-20-40-22-9-19-39)38(44)26-30(43)15-18-37(38,6)34(31)16-17-36(32,33)5/h27-35,40-44H,7-26,39H2,1-6H3/t28-,29-,30?,31+,32-,33+,34+,35?,36-,37-,38?/m1/s1. The molecule has 0 aromatic heterocycles. The Labute approximate surface area is 272 Å². The average molecular weight is 619 g/mol. The number of nitrogens with one attached hydrogen (secondary N) is 3. The first-order valence-corrected chi connectivity index (χ1v) is 19.2. The molecule has 4 saturated carbocycles. The molecule has 0 saturated heterocycles. The maximum absolute atomic E-state index is 12.6. The second kappa shape index (κ2) is 16.2. The highest BCUT2D eigenvalue weighted by Crippen LogP contribution is 2.69. The lowest BCUT2D eigenvalue weighted by Gasteiger charge is -2.66. The molecule has 0 aromatic carbocycles. The summed E-state index contributed by atoms with van der Waals surface area (Å²) in [6, 6.07) is 0.0778. The van der Waals surface area contributed by atoms with E-state index in [0.29, 0.717) is 23.7 Å². The molecule has 7 N–H and O–H groups in total. The Hall–Kier alpha value is -0.240. The fraction of sp³-hybridized carbons (Fsp3) is 1.00. The maximum atomic E-state index is 12.6. The van der Waals surface area contributed by atoms with Crippen molar-refractivity contribution in [1.82, 2.24) is 16.0 Å². The van der Waals surface area contributed by atoms with Gasteiger partial charge in [0.1, 0.15) is 0 Å². The van der Waals surface area contributed by atoms with Crippen molar-refractivity contribution in [1.29, 1.82) is 0 Å². The lowest BCUT2D eigenvalue weighted by molar-refractivity contribution is -0.234. The molecular weight excluding hydrogens is 544 g/mol. The molecule has 0 spiro atoms. The first-order chi connectivity index (χ1) is 21.0. The summed E-state index contributed by atoms with van der Waals surface area (Å²) in [5.41, 5.74) is 5.07. The third-order valence-corrected chi connectivity index (χ3v) is 14.3. The van der Waals surface area contributed by atoms with Crippen LogP contribution in [-0.2, 0) is 0 Å². The largest absolute Gasteiger partial charge is 0.393 e. The van der Waals surface area contributed by atoms with E-state index >= 15 is 0 Å². The SMILES string of the molecule is CC(C)[C@H](C)CC[C@@H](C)[C@H]1CC[C@H]2[C@@H]3CC(NCCCNCCCCNCCCN)C4(O)CC(O)CC[C@]4(C)[C@H]3CC[C@]12C. The topological polar surface area (TPSA) is 103 Å². The number of unbranched alkanes of at least 4 members (excludes halogenated alkanes) is 1. The van der Waals surface area contributed by atoms with Crippen molar-refractivity contribution in [2.24, 2.45) is 58.0 Å². The zero-order valence-electron chi connectivity index (χ0n) is 29.8. The summed E-state index contributed by atoms with van der Waals surface area (Å²) in [4.78, 5) is 0. The van der Waals surface area contributed by atoms with E-state index < -0.39 is 5.60 Å². The van der Waals surface area contributed by atoms with Crippen molar-refractivity contribution < 1.29 is 10.2 Å². The highest BCUT2D eigenvalue weighted by Gasteiger charge is 2.67. The summed E-state index contributed by atoms with van der Waals surface area (Å²) in [7, 11) is 0. The van der Waals surface area contributed by atoms with Crippen LogP contribution in [0.25, 0.3) is 0 Å². The average Bonchev–Trinajstić information content (AvgIpc) is 3.34. The molecule has 258 valence electrons. The number of nitrogens with two attached hydrogens (primary N) is 1. The van der Waals surface area contributed by atoms with Gasteiger partial charge in [-0.05, 0) is 157 Å². The smallest absolute Gasteiger partial charge is 0.0880 e. The predicted molar refractivity (Wildman–Crippen MR) is 186 cm³/mol. The third kappa shape index (κ3) is 7.89. The summed E-state index contributed by atoms with van der Waals surface area (Å²) in [6.45, 7) is 20.7. The van der Waals surface area contributed by atoms with E-state index in [9.17, 15) is 10.2 Å². The van der Waals surface area contributed by atoms with Crippen LogP contribution in [0.4, 0.5) is 0 Å². The first kappa shape index (κ1) is 36.6. The van der Waals surface area contributed by atoms with Gasteiger partial charge in [-0.25, -0.2) is 0 Å². The molecule has 11 atom stereocenters. The van der Waals surface area contributed by atoms with Crippen LogP contribution >= 0.6 is 0 Å². The molecule has 0 radical (unpaired) electrons. The Morgan fingerprint density at radius 2 is 1.48 bits per heavy atom. The highest BCUT2D eigenvalue weighted by molar-refractivity contribution is 5.18. The van der Waals surface area contributed by atoms with Crippen molar-refractivity contribution in [2.75, 3.05) is 39.3 Å². The number of aliphatic hydroxyl groups excluding tert-OH is 1. The molecule has 0 heterocycles. The lowest BCUT2D eigenvalue weighted by atomic mass is 9.42. The van der Waals surface area contributed by atoms with Gasteiger partial charge in [-0.2, -0.15) is 0 Å². The summed E-state index contributed by atoms with van der Waals surface area (Å²) in [5, 5.41) is 34.4. The van der Waals surface area contributed by atoms with Gasteiger partial charge in [0.2, 0.25) is 0 Å². The minimum Gasteiger partial charge on any atom is -0.393 e. The van der Waals surface area contributed by atoms with Gasteiger partial charge in [0.15, 0.2) is 0 Å². The second-order valence-corrected chi connectivity index (χ2v) is 17.1. The number of rotatable bonds is 18. The molecule has 0 aliphatic heterocycles. The van der Waals surface area contributed by atoms with Gasteiger partial charge in [0.05, 0.1) is 11.7 Å². The molecule has 44 heavy (non-hydrogen) atoms. The Balaban J connectivity index is 1.35. The zero-order chi connectivity index (χ0) is 32.0. The molecule has 3 unspecified atom stereocenters. The fourth-order valence-electron chi connectivity index (χ4n) is 11.1. The van der Waals surface area contributed by atoms with Crippen LogP contribution in [0.3, 0.4) is 0 Å². The van der Waals surface area contributed by atoms with Crippen molar-refractivity contribution in [3.05, 3.63) is 0 Å². The van der Waals surface area contributed by atoms with E-state index in [4.69, 9.17) is 5.73 Å². The summed E-state index contributed by atoms with van der Waals surface area (Å²) >= 11 is 0. The van der Waals surface area contributed by atoms with Crippen molar-refractivity contribution in [3.63, 3.8) is 0 Å². The molecule has 6 heteroatoms. The van der Waals surface area contributed by atoms with Crippen LogP contribution < -0.4 is 21.7 Å². The Kier molecular flexibility index (Phi) is 13.5. The molecule has 0 bridgehead atoms.